The molecule has 2 aromatic carbocycles. The van der Waals surface area contributed by atoms with Crippen LogP contribution in [-0.4, -0.2) is 16.7 Å². The molecule has 1 heterocycles. The van der Waals surface area contributed by atoms with Crippen molar-refractivity contribution in [1.82, 2.24) is 0 Å². The zero-order valence-electron chi connectivity index (χ0n) is 18.5. The standard InChI is InChI=1S/C26H31FO3/c1-15(17-8-9-18(13-23(28)29)22(27)12-17)19-10-20(16-6-7-16)24-21(11-19)25(2,3)14-26(4,5)30-24/h8-12,15-16H,6-7,13-14H2,1-5H3,(H,28,29). The summed E-state index contributed by atoms with van der Waals surface area (Å²) in [5.41, 5.74) is 4.58. The summed E-state index contributed by atoms with van der Waals surface area (Å²) < 4.78 is 21.0. The Morgan fingerprint density at radius 3 is 2.47 bits per heavy atom. The van der Waals surface area contributed by atoms with Crippen molar-refractivity contribution in [3.63, 3.8) is 0 Å². The molecule has 1 N–H and O–H groups in total. The molecule has 1 unspecified atom stereocenters. The average molecular weight is 411 g/mol. The van der Waals surface area contributed by atoms with Crippen LogP contribution in [0.15, 0.2) is 30.3 Å². The first-order chi connectivity index (χ1) is 14.0. The van der Waals surface area contributed by atoms with E-state index in [-0.39, 0.29) is 28.9 Å². The molecule has 3 nitrogen and oxygen atoms in total. The van der Waals surface area contributed by atoms with E-state index in [1.807, 2.05) is 6.07 Å². The van der Waals surface area contributed by atoms with Gasteiger partial charge >= 0.3 is 5.97 Å². The number of fused-ring (bicyclic) bond motifs is 1. The number of hydrogen-bond acceptors (Lipinski definition) is 2. The van der Waals surface area contributed by atoms with E-state index < -0.39 is 11.8 Å². The minimum Gasteiger partial charge on any atom is -0.487 e. The Balaban J connectivity index is 1.76. The third-order valence-corrected chi connectivity index (χ3v) is 6.55. The van der Waals surface area contributed by atoms with Gasteiger partial charge in [0.25, 0.3) is 0 Å². The monoisotopic (exact) mass is 410 g/mol. The van der Waals surface area contributed by atoms with E-state index in [4.69, 9.17) is 9.84 Å². The molecule has 1 saturated carbocycles. The van der Waals surface area contributed by atoms with Crippen molar-refractivity contribution < 1.29 is 19.0 Å². The van der Waals surface area contributed by atoms with Crippen molar-refractivity contribution in [2.24, 2.45) is 0 Å². The Hall–Kier alpha value is -2.36. The molecule has 0 aromatic heterocycles. The maximum Gasteiger partial charge on any atom is 0.307 e. The summed E-state index contributed by atoms with van der Waals surface area (Å²) in [6, 6.07) is 9.44. The summed E-state index contributed by atoms with van der Waals surface area (Å²) in [6.07, 6.45) is 3.01. The summed E-state index contributed by atoms with van der Waals surface area (Å²) in [5.74, 6) is 0.131. The molecule has 0 saturated heterocycles. The molecule has 0 bridgehead atoms. The largest absolute Gasteiger partial charge is 0.487 e. The molecule has 30 heavy (non-hydrogen) atoms. The van der Waals surface area contributed by atoms with Crippen LogP contribution in [0, 0.1) is 5.82 Å². The van der Waals surface area contributed by atoms with Gasteiger partial charge in [-0.2, -0.15) is 0 Å². The normalized spacial score (nSPS) is 20.2. The second kappa shape index (κ2) is 7.11. The van der Waals surface area contributed by atoms with Gasteiger partial charge in [-0.3, -0.25) is 4.79 Å². The van der Waals surface area contributed by atoms with Crippen molar-refractivity contribution in [2.45, 2.75) is 83.2 Å². The highest BCUT2D eigenvalue weighted by atomic mass is 19.1. The first-order valence-electron chi connectivity index (χ1n) is 10.8. The van der Waals surface area contributed by atoms with Gasteiger partial charge in [-0.05, 0) is 72.8 Å². The van der Waals surface area contributed by atoms with Crippen LogP contribution in [0.2, 0.25) is 0 Å². The van der Waals surface area contributed by atoms with E-state index in [2.05, 4.69) is 46.8 Å². The SMILES string of the molecule is CC(c1ccc(CC(=O)O)c(F)c1)c1cc(C2CC2)c2c(c1)C(C)(C)CC(C)(C)O2. The van der Waals surface area contributed by atoms with E-state index in [1.165, 1.54) is 30.0 Å². The summed E-state index contributed by atoms with van der Waals surface area (Å²) in [5, 5.41) is 8.96. The van der Waals surface area contributed by atoms with E-state index in [0.717, 1.165) is 23.3 Å². The van der Waals surface area contributed by atoms with Gasteiger partial charge < -0.3 is 9.84 Å². The van der Waals surface area contributed by atoms with Gasteiger partial charge in [0.15, 0.2) is 0 Å². The quantitative estimate of drug-likeness (QED) is 0.627. The number of aliphatic carboxylic acids is 1. The molecular formula is C26H31FO3. The minimum atomic E-state index is -1.02. The number of carboxylic acid groups (broad SMARTS) is 1. The molecule has 4 rings (SSSR count). The zero-order chi connectivity index (χ0) is 21.8. The molecule has 1 atom stereocenters. The third-order valence-electron chi connectivity index (χ3n) is 6.55. The molecule has 1 aliphatic carbocycles. The van der Waals surface area contributed by atoms with Crippen molar-refractivity contribution in [3.8, 4) is 5.75 Å². The molecule has 2 aliphatic rings. The van der Waals surface area contributed by atoms with Crippen LogP contribution in [0.1, 0.15) is 93.5 Å². The highest BCUT2D eigenvalue weighted by Crippen LogP contribution is 2.53. The summed E-state index contributed by atoms with van der Waals surface area (Å²) >= 11 is 0. The number of rotatable bonds is 5. The fourth-order valence-corrected chi connectivity index (χ4v) is 5.04. The smallest absolute Gasteiger partial charge is 0.307 e. The van der Waals surface area contributed by atoms with Crippen LogP contribution in [0.4, 0.5) is 4.39 Å². The number of carboxylic acids is 1. The van der Waals surface area contributed by atoms with Crippen molar-refractivity contribution in [3.05, 3.63) is 64.0 Å². The van der Waals surface area contributed by atoms with Crippen molar-refractivity contribution in [2.75, 3.05) is 0 Å². The molecule has 2 aromatic rings. The first kappa shape index (κ1) is 20.9. The highest BCUT2D eigenvalue weighted by Gasteiger charge is 2.42. The van der Waals surface area contributed by atoms with Crippen LogP contribution < -0.4 is 4.74 Å². The van der Waals surface area contributed by atoms with Crippen LogP contribution in [-0.2, 0) is 16.6 Å². The Bertz CT molecular complexity index is 1000. The molecule has 0 amide bonds. The number of ether oxygens (including phenoxy) is 1. The lowest BCUT2D eigenvalue weighted by Gasteiger charge is -2.43. The Morgan fingerprint density at radius 2 is 1.87 bits per heavy atom. The predicted octanol–water partition coefficient (Wildman–Crippen LogP) is 6.32. The predicted molar refractivity (Wildman–Crippen MR) is 116 cm³/mol. The van der Waals surface area contributed by atoms with Gasteiger partial charge in [0.1, 0.15) is 17.2 Å². The van der Waals surface area contributed by atoms with Gasteiger partial charge in [-0.25, -0.2) is 4.39 Å². The Kier molecular flexibility index (Phi) is 4.95. The fourth-order valence-electron chi connectivity index (χ4n) is 5.04. The van der Waals surface area contributed by atoms with E-state index in [0.29, 0.717) is 5.92 Å². The number of halogens is 1. The average Bonchev–Trinajstić information content (AvgIpc) is 3.45. The second-order valence-electron chi connectivity index (χ2n) is 10.3. The molecule has 160 valence electrons. The molecule has 1 aliphatic heterocycles. The number of carbonyl (C=O) groups is 1. The highest BCUT2D eigenvalue weighted by molar-refractivity contribution is 5.70. The summed E-state index contributed by atoms with van der Waals surface area (Å²) in [7, 11) is 0. The Labute approximate surface area is 178 Å². The fraction of sp³-hybridized carbons (Fsp3) is 0.500. The van der Waals surface area contributed by atoms with Gasteiger partial charge in [-0.15, -0.1) is 0 Å². The zero-order valence-corrected chi connectivity index (χ0v) is 18.5. The van der Waals surface area contributed by atoms with E-state index in [9.17, 15) is 9.18 Å². The van der Waals surface area contributed by atoms with Crippen LogP contribution in [0.3, 0.4) is 0 Å². The van der Waals surface area contributed by atoms with Gasteiger partial charge in [0.2, 0.25) is 0 Å². The second-order valence-corrected chi connectivity index (χ2v) is 10.3. The maximum atomic E-state index is 14.5. The maximum absolute atomic E-state index is 14.5. The molecule has 4 heteroatoms. The minimum absolute atomic E-state index is 0.00640. The topological polar surface area (TPSA) is 46.5 Å². The van der Waals surface area contributed by atoms with Crippen LogP contribution in [0.5, 0.6) is 5.75 Å². The van der Waals surface area contributed by atoms with Crippen LogP contribution >= 0.6 is 0 Å². The van der Waals surface area contributed by atoms with Gasteiger partial charge in [0.05, 0.1) is 6.42 Å². The Morgan fingerprint density at radius 1 is 1.17 bits per heavy atom. The van der Waals surface area contributed by atoms with Crippen LogP contribution in [0.25, 0.3) is 0 Å². The van der Waals surface area contributed by atoms with Gasteiger partial charge in [-0.1, -0.05) is 45.0 Å². The van der Waals surface area contributed by atoms with Crippen molar-refractivity contribution >= 4 is 5.97 Å². The molecular weight excluding hydrogens is 379 g/mol. The number of hydrogen-bond donors (Lipinski definition) is 1. The van der Waals surface area contributed by atoms with E-state index >= 15 is 0 Å². The summed E-state index contributed by atoms with van der Waals surface area (Å²) in [4.78, 5) is 10.9. The van der Waals surface area contributed by atoms with E-state index in [1.54, 1.807) is 6.07 Å². The third kappa shape index (κ3) is 3.97. The first-order valence-corrected chi connectivity index (χ1v) is 10.8. The molecule has 1 fully saturated rings. The summed E-state index contributed by atoms with van der Waals surface area (Å²) in [6.45, 7) is 11.0. The lowest BCUT2D eigenvalue weighted by molar-refractivity contribution is -0.136. The molecule has 0 spiro atoms. The number of benzene rings is 2. The molecule has 0 radical (unpaired) electrons. The lowest BCUT2D eigenvalue weighted by Crippen LogP contribution is -2.41. The lowest BCUT2D eigenvalue weighted by atomic mass is 9.71. The van der Waals surface area contributed by atoms with Gasteiger partial charge in [0, 0.05) is 11.5 Å². The van der Waals surface area contributed by atoms with Crippen molar-refractivity contribution in [1.29, 1.82) is 0 Å².